The van der Waals surface area contributed by atoms with Crippen molar-refractivity contribution >= 4 is 40.6 Å². The first-order valence-corrected chi connectivity index (χ1v) is 9.77. The summed E-state index contributed by atoms with van der Waals surface area (Å²) in [5, 5.41) is 5.98. The van der Waals surface area contributed by atoms with Crippen LogP contribution >= 0.6 is 11.6 Å². The van der Waals surface area contributed by atoms with Gasteiger partial charge in [-0.25, -0.2) is 18.7 Å². The highest BCUT2D eigenvalue weighted by Gasteiger charge is 2.19. The molecule has 1 aromatic carbocycles. The zero-order chi connectivity index (χ0) is 21.1. The van der Waals surface area contributed by atoms with Gasteiger partial charge in [-0.3, -0.25) is 0 Å². The van der Waals surface area contributed by atoms with Gasteiger partial charge in [0, 0.05) is 44.1 Å². The highest BCUT2D eigenvalue weighted by molar-refractivity contribution is 6.31. The number of halogens is 3. The van der Waals surface area contributed by atoms with Crippen LogP contribution in [0.15, 0.2) is 42.7 Å². The predicted molar refractivity (Wildman–Crippen MR) is 114 cm³/mol. The van der Waals surface area contributed by atoms with Crippen molar-refractivity contribution in [3.63, 3.8) is 0 Å². The first kappa shape index (κ1) is 20.2. The summed E-state index contributed by atoms with van der Waals surface area (Å²) in [5.74, 6) is 0.180. The average molecular weight is 432 g/mol. The number of nitrogens with one attached hydrogen (secondary N) is 2. The molecule has 10 heteroatoms. The molecule has 0 unspecified atom stereocenters. The van der Waals surface area contributed by atoms with Gasteiger partial charge in [-0.05, 0) is 31.3 Å². The van der Waals surface area contributed by atoms with Crippen LogP contribution in [0.25, 0.3) is 0 Å². The highest BCUT2D eigenvalue weighted by Crippen LogP contribution is 2.24. The molecule has 2 N–H and O–H groups in total. The maximum absolute atomic E-state index is 14.6. The molecule has 1 aliphatic heterocycles. The van der Waals surface area contributed by atoms with E-state index in [1.165, 1.54) is 18.2 Å². The topological polar surface area (TPSA) is 69.2 Å². The Balaban J connectivity index is 1.46. The molecular weight excluding hydrogens is 412 g/mol. The fraction of sp³-hybridized carbons (Fsp3) is 0.250. The number of likely N-dealkylation sites (N-methyl/N-ethyl adjacent to an activating group) is 1. The van der Waals surface area contributed by atoms with Crippen molar-refractivity contribution in [3.05, 3.63) is 59.4 Å². The molecule has 1 fully saturated rings. The van der Waals surface area contributed by atoms with Crippen molar-refractivity contribution < 1.29 is 8.78 Å². The Morgan fingerprint density at radius 1 is 0.933 bits per heavy atom. The molecule has 7 nitrogen and oxygen atoms in total. The van der Waals surface area contributed by atoms with E-state index in [4.69, 9.17) is 11.6 Å². The van der Waals surface area contributed by atoms with Gasteiger partial charge in [-0.2, -0.15) is 4.98 Å². The molecular formula is C20H20ClF2N7. The van der Waals surface area contributed by atoms with Crippen molar-refractivity contribution in [3.8, 4) is 0 Å². The molecule has 1 saturated heterocycles. The fourth-order valence-electron chi connectivity index (χ4n) is 3.09. The Morgan fingerprint density at radius 2 is 1.73 bits per heavy atom. The molecule has 0 spiro atoms. The van der Waals surface area contributed by atoms with Gasteiger partial charge >= 0.3 is 0 Å². The molecule has 0 aliphatic carbocycles. The summed E-state index contributed by atoms with van der Waals surface area (Å²) < 4.78 is 27.9. The normalized spacial score (nSPS) is 14.6. The van der Waals surface area contributed by atoms with Crippen molar-refractivity contribution in [1.82, 2.24) is 19.9 Å². The molecule has 0 radical (unpaired) electrons. The summed E-state index contributed by atoms with van der Waals surface area (Å²) in [6.45, 7) is 3.21. The molecule has 30 heavy (non-hydrogen) atoms. The molecule has 156 valence electrons. The maximum Gasteiger partial charge on any atom is 0.229 e. The van der Waals surface area contributed by atoms with E-state index in [-0.39, 0.29) is 11.0 Å². The van der Waals surface area contributed by atoms with Gasteiger partial charge in [0.1, 0.15) is 11.6 Å². The Kier molecular flexibility index (Phi) is 5.91. The summed E-state index contributed by atoms with van der Waals surface area (Å²) in [5.41, 5.74) is 1.02. The van der Waals surface area contributed by atoms with Crippen LogP contribution in [0.4, 0.5) is 37.7 Å². The van der Waals surface area contributed by atoms with Gasteiger partial charge < -0.3 is 20.4 Å². The van der Waals surface area contributed by atoms with Crippen LogP contribution in [0.2, 0.25) is 5.02 Å². The number of benzene rings is 1. The van der Waals surface area contributed by atoms with Crippen LogP contribution in [0.5, 0.6) is 0 Å². The monoisotopic (exact) mass is 431 g/mol. The summed E-state index contributed by atoms with van der Waals surface area (Å²) in [6, 6.07) is 7.30. The average Bonchev–Trinajstić information content (AvgIpc) is 2.72. The van der Waals surface area contributed by atoms with Crippen molar-refractivity contribution in [2.24, 2.45) is 0 Å². The third kappa shape index (κ3) is 4.74. The van der Waals surface area contributed by atoms with Gasteiger partial charge in [0.25, 0.3) is 0 Å². The number of hydrogen-bond donors (Lipinski definition) is 2. The quantitative estimate of drug-likeness (QED) is 0.631. The van der Waals surface area contributed by atoms with Crippen LogP contribution in [0.1, 0.15) is 0 Å². The highest BCUT2D eigenvalue weighted by atomic mass is 35.5. The molecule has 3 heterocycles. The number of anilines is 5. The van der Waals surface area contributed by atoms with E-state index in [2.05, 4.69) is 30.5 Å². The van der Waals surface area contributed by atoms with E-state index < -0.39 is 11.6 Å². The van der Waals surface area contributed by atoms with Crippen molar-refractivity contribution in [2.45, 2.75) is 0 Å². The van der Waals surface area contributed by atoms with Crippen LogP contribution in [-0.2, 0) is 0 Å². The lowest BCUT2D eigenvalue weighted by Crippen LogP contribution is -2.45. The predicted octanol–water partition coefficient (Wildman–Crippen LogP) is 4.04. The van der Waals surface area contributed by atoms with E-state index in [0.29, 0.717) is 23.0 Å². The molecule has 4 rings (SSSR count). The Labute approximate surface area is 177 Å². The second-order valence-electron chi connectivity index (χ2n) is 6.96. The summed E-state index contributed by atoms with van der Waals surface area (Å²) >= 11 is 5.80. The van der Waals surface area contributed by atoms with Crippen molar-refractivity contribution in [1.29, 1.82) is 0 Å². The molecule has 0 amide bonds. The van der Waals surface area contributed by atoms with E-state index in [0.717, 1.165) is 26.2 Å². The van der Waals surface area contributed by atoms with Gasteiger partial charge in [0.2, 0.25) is 5.95 Å². The fourth-order valence-corrected chi connectivity index (χ4v) is 3.27. The maximum atomic E-state index is 14.6. The van der Waals surface area contributed by atoms with Gasteiger partial charge in [-0.15, -0.1) is 0 Å². The Morgan fingerprint density at radius 3 is 2.47 bits per heavy atom. The third-order valence-electron chi connectivity index (χ3n) is 4.73. The van der Waals surface area contributed by atoms with Crippen LogP contribution < -0.4 is 15.5 Å². The molecule has 1 aliphatic rings. The zero-order valence-corrected chi connectivity index (χ0v) is 17.0. The number of aromatic nitrogens is 3. The number of pyridine rings is 1. The summed E-state index contributed by atoms with van der Waals surface area (Å²) in [7, 11) is 2.04. The lowest BCUT2D eigenvalue weighted by molar-refractivity contribution is 0.311. The standard InChI is InChI=1S/C20H20ClF2N7/c1-29-6-8-30(9-7-29)19-17(23)11-14(12-25-19)27-20-24-5-4-18(28-20)26-13-2-3-16(22)15(21)10-13/h2-5,10-12H,6-9H2,1H3,(H2,24,26,27,28). The van der Waals surface area contributed by atoms with Gasteiger partial charge in [0.05, 0.1) is 16.9 Å². The van der Waals surface area contributed by atoms with Crippen molar-refractivity contribution in [2.75, 3.05) is 48.8 Å². The third-order valence-corrected chi connectivity index (χ3v) is 5.02. The molecule has 0 saturated carbocycles. The number of nitrogens with zero attached hydrogens (tertiary/aromatic N) is 5. The first-order chi connectivity index (χ1) is 14.5. The molecule has 2 aromatic heterocycles. The van der Waals surface area contributed by atoms with Crippen LogP contribution in [0.3, 0.4) is 0 Å². The SMILES string of the molecule is CN1CCN(c2ncc(Nc3nccc(Nc4ccc(F)c(Cl)c4)n3)cc2F)CC1. The largest absolute Gasteiger partial charge is 0.352 e. The molecule has 3 aromatic rings. The van der Waals surface area contributed by atoms with Crippen LogP contribution in [-0.4, -0.2) is 53.1 Å². The van der Waals surface area contributed by atoms with E-state index >= 15 is 0 Å². The second kappa shape index (κ2) is 8.76. The minimum atomic E-state index is -0.498. The second-order valence-corrected chi connectivity index (χ2v) is 7.37. The van der Waals surface area contributed by atoms with Gasteiger partial charge in [-0.1, -0.05) is 11.6 Å². The lowest BCUT2D eigenvalue weighted by Gasteiger charge is -2.33. The minimum Gasteiger partial charge on any atom is -0.352 e. The number of hydrogen-bond acceptors (Lipinski definition) is 7. The summed E-state index contributed by atoms with van der Waals surface area (Å²) in [6.07, 6.45) is 3.10. The smallest absolute Gasteiger partial charge is 0.229 e. The van der Waals surface area contributed by atoms with Gasteiger partial charge in [0.15, 0.2) is 11.6 Å². The first-order valence-electron chi connectivity index (χ1n) is 9.39. The molecule has 0 bridgehead atoms. The van der Waals surface area contributed by atoms with E-state index in [1.54, 1.807) is 24.5 Å². The summed E-state index contributed by atoms with van der Waals surface area (Å²) in [4.78, 5) is 16.9. The Hall–Kier alpha value is -3.04. The van der Waals surface area contributed by atoms with E-state index in [1.807, 2.05) is 11.9 Å². The lowest BCUT2D eigenvalue weighted by atomic mass is 10.3. The van der Waals surface area contributed by atoms with E-state index in [9.17, 15) is 8.78 Å². The zero-order valence-electron chi connectivity index (χ0n) is 16.2. The number of rotatable bonds is 5. The minimum absolute atomic E-state index is 0.00870. The molecule has 0 atom stereocenters. The number of piperazine rings is 1. The Bertz CT molecular complexity index is 1040. The van der Waals surface area contributed by atoms with Crippen LogP contribution in [0, 0.1) is 11.6 Å².